The lowest BCUT2D eigenvalue weighted by Crippen LogP contribution is -2.41. The number of rotatable bonds is 6. The Balaban J connectivity index is 2.18. The summed E-state index contributed by atoms with van der Waals surface area (Å²) in [5, 5.41) is 3.20. The molecular weight excluding hydrogens is 242 g/mol. The van der Waals surface area contributed by atoms with Crippen molar-refractivity contribution in [3.63, 3.8) is 0 Å². The van der Waals surface area contributed by atoms with Crippen molar-refractivity contribution in [3.05, 3.63) is 30.6 Å². The van der Waals surface area contributed by atoms with Crippen molar-refractivity contribution >= 4 is 17.0 Å². The summed E-state index contributed by atoms with van der Waals surface area (Å²) in [6.45, 7) is 3.37. The van der Waals surface area contributed by atoms with Gasteiger partial charge in [0.05, 0.1) is 31.0 Å². The fourth-order valence-electron chi connectivity index (χ4n) is 2.04. The van der Waals surface area contributed by atoms with E-state index in [1.807, 2.05) is 28.8 Å². The number of hydrogen-bond acceptors (Lipinski definition) is 4. The molecule has 0 saturated carbocycles. The minimum Gasteiger partial charge on any atom is -0.468 e. The molecule has 1 atom stereocenters. The van der Waals surface area contributed by atoms with Crippen LogP contribution in [0.25, 0.3) is 11.0 Å². The number of imidazole rings is 1. The van der Waals surface area contributed by atoms with E-state index in [0.717, 1.165) is 24.0 Å². The van der Waals surface area contributed by atoms with Gasteiger partial charge in [0.25, 0.3) is 0 Å². The Morgan fingerprint density at radius 3 is 3.00 bits per heavy atom. The molecule has 0 fully saturated rings. The molecule has 0 radical (unpaired) electrons. The smallest absolute Gasteiger partial charge is 0.324 e. The van der Waals surface area contributed by atoms with Gasteiger partial charge in [-0.1, -0.05) is 19.1 Å². The summed E-state index contributed by atoms with van der Waals surface area (Å²) in [5.41, 5.74) is 1.95. The molecule has 1 unspecified atom stereocenters. The van der Waals surface area contributed by atoms with E-state index >= 15 is 0 Å². The molecule has 5 heteroatoms. The third-order valence-electron chi connectivity index (χ3n) is 3.03. The van der Waals surface area contributed by atoms with Crippen molar-refractivity contribution in [1.82, 2.24) is 14.9 Å². The molecule has 102 valence electrons. The first-order valence-corrected chi connectivity index (χ1v) is 6.47. The van der Waals surface area contributed by atoms with Crippen LogP contribution < -0.4 is 5.32 Å². The summed E-state index contributed by atoms with van der Waals surface area (Å²) >= 11 is 0. The van der Waals surface area contributed by atoms with E-state index in [4.69, 9.17) is 4.74 Å². The van der Waals surface area contributed by atoms with Crippen molar-refractivity contribution < 1.29 is 9.53 Å². The quantitative estimate of drug-likeness (QED) is 0.802. The highest BCUT2D eigenvalue weighted by atomic mass is 16.5. The Morgan fingerprint density at radius 2 is 2.26 bits per heavy atom. The van der Waals surface area contributed by atoms with Crippen LogP contribution in [0.1, 0.15) is 13.3 Å². The van der Waals surface area contributed by atoms with Crippen molar-refractivity contribution in [3.8, 4) is 0 Å². The summed E-state index contributed by atoms with van der Waals surface area (Å²) in [6.07, 6.45) is 2.73. The Hall–Kier alpha value is -1.88. The van der Waals surface area contributed by atoms with Crippen LogP contribution in [0.15, 0.2) is 30.6 Å². The van der Waals surface area contributed by atoms with Gasteiger partial charge in [-0.3, -0.25) is 4.79 Å². The largest absolute Gasteiger partial charge is 0.468 e. The molecule has 5 nitrogen and oxygen atoms in total. The lowest BCUT2D eigenvalue weighted by molar-refractivity contribution is -0.143. The van der Waals surface area contributed by atoms with Crippen LogP contribution in [0.2, 0.25) is 0 Å². The molecule has 0 aliphatic rings. The maximum atomic E-state index is 11.8. The average Bonchev–Trinajstić information content (AvgIpc) is 2.86. The standard InChI is InChI=1S/C14H19N3O2/c1-3-8-15-12(14(18)19-2)9-17-10-16-11-6-4-5-7-13(11)17/h4-7,10,12,15H,3,8-9H2,1-2H3. The van der Waals surface area contributed by atoms with E-state index in [1.54, 1.807) is 6.33 Å². The number of aromatic nitrogens is 2. The zero-order valence-electron chi connectivity index (χ0n) is 11.3. The van der Waals surface area contributed by atoms with Crippen molar-refractivity contribution in [2.75, 3.05) is 13.7 Å². The van der Waals surface area contributed by atoms with Crippen molar-refractivity contribution in [2.45, 2.75) is 25.9 Å². The maximum Gasteiger partial charge on any atom is 0.324 e. The van der Waals surface area contributed by atoms with E-state index in [0.29, 0.717) is 6.54 Å². The molecule has 1 aromatic carbocycles. The summed E-state index contributed by atoms with van der Waals surface area (Å²) in [7, 11) is 1.41. The van der Waals surface area contributed by atoms with Gasteiger partial charge in [0.1, 0.15) is 6.04 Å². The van der Waals surface area contributed by atoms with E-state index in [2.05, 4.69) is 17.2 Å². The monoisotopic (exact) mass is 261 g/mol. The number of ether oxygens (including phenoxy) is 1. The molecule has 19 heavy (non-hydrogen) atoms. The second-order valence-electron chi connectivity index (χ2n) is 4.42. The average molecular weight is 261 g/mol. The molecule has 2 aromatic rings. The minimum atomic E-state index is -0.345. The molecule has 2 rings (SSSR count). The minimum absolute atomic E-state index is 0.244. The first-order valence-electron chi connectivity index (χ1n) is 6.47. The van der Waals surface area contributed by atoms with Crippen LogP contribution in [0.3, 0.4) is 0 Å². The zero-order chi connectivity index (χ0) is 13.7. The van der Waals surface area contributed by atoms with Crippen molar-refractivity contribution in [2.24, 2.45) is 0 Å². The molecule has 1 heterocycles. The molecule has 0 saturated heterocycles. The molecule has 0 bridgehead atoms. The van der Waals surface area contributed by atoms with Crippen molar-refractivity contribution in [1.29, 1.82) is 0 Å². The molecule has 0 aliphatic heterocycles. The maximum absolute atomic E-state index is 11.8. The highest BCUT2D eigenvalue weighted by Gasteiger charge is 2.19. The van der Waals surface area contributed by atoms with E-state index in [9.17, 15) is 4.79 Å². The van der Waals surface area contributed by atoms with Crippen LogP contribution in [0.4, 0.5) is 0 Å². The predicted octanol–water partition coefficient (Wildman–Crippen LogP) is 1.58. The van der Waals surface area contributed by atoms with Crippen LogP contribution in [0, 0.1) is 0 Å². The Kier molecular flexibility index (Phi) is 4.52. The third kappa shape index (κ3) is 3.12. The first-order chi connectivity index (χ1) is 9.26. The van der Waals surface area contributed by atoms with E-state index in [1.165, 1.54) is 7.11 Å². The molecule has 1 N–H and O–H groups in total. The van der Waals surface area contributed by atoms with E-state index < -0.39 is 0 Å². The van der Waals surface area contributed by atoms with Gasteiger partial charge in [-0.15, -0.1) is 0 Å². The summed E-state index contributed by atoms with van der Waals surface area (Å²) in [6, 6.07) is 7.53. The fourth-order valence-corrected chi connectivity index (χ4v) is 2.04. The van der Waals surface area contributed by atoms with Gasteiger partial charge in [-0.2, -0.15) is 0 Å². The molecule has 0 amide bonds. The highest BCUT2D eigenvalue weighted by molar-refractivity contribution is 5.77. The number of para-hydroxylation sites is 2. The van der Waals surface area contributed by atoms with E-state index in [-0.39, 0.29) is 12.0 Å². The van der Waals surface area contributed by atoms with Crippen LogP contribution >= 0.6 is 0 Å². The van der Waals surface area contributed by atoms with Crippen LogP contribution in [-0.2, 0) is 16.1 Å². The number of carbonyl (C=O) groups excluding carboxylic acids is 1. The number of benzene rings is 1. The molecular formula is C14H19N3O2. The number of nitrogens with zero attached hydrogens (tertiary/aromatic N) is 2. The van der Waals surface area contributed by atoms with Gasteiger partial charge in [0.2, 0.25) is 0 Å². The topological polar surface area (TPSA) is 56.2 Å². The number of esters is 1. The highest BCUT2D eigenvalue weighted by Crippen LogP contribution is 2.12. The number of nitrogens with one attached hydrogen (secondary N) is 1. The van der Waals surface area contributed by atoms with Crippen LogP contribution in [-0.4, -0.2) is 35.2 Å². The van der Waals surface area contributed by atoms with Gasteiger partial charge < -0.3 is 14.6 Å². The lowest BCUT2D eigenvalue weighted by atomic mass is 10.2. The molecule has 0 aliphatic carbocycles. The Morgan fingerprint density at radius 1 is 1.47 bits per heavy atom. The predicted molar refractivity (Wildman–Crippen MR) is 73.8 cm³/mol. The van der Waals surface area contributed by atoms with Gasteiger partial charge in [0, 0.05) is 0 Å². The van der Waals surface area contributed by atoms with Gasteiger partial charge in [-0.25, -0.2) is 4.98 Å². The Bertz CT molecular complexity index is 550. The van der Waals surface area contributed by atoms with Gasteiger partial charge >= 0.3 is 5.97 Å². The van der Waals surface area contributed by atoms with Crippen LogP contribution in [0.5, 0.6) is 0 Å². The van der Waals surface area contributed by atoms with Gasteiger partial charge in [0.15, 0.2) is 0 Å². The molecule has 1 aromatic heterocycles. The second kappa shape index (κ2) is 6.33. The SMILES string of the molecule is CCCNC(Cn1cnc2ccccc21)C(=O)OC. The third-order valence-corrected chi connectivity index (χ3v) is 3.03. The number of methoxy groups -OCH3 is 1. The second-order valence-corrected chi connectivity index (χ2v) is 4.42. The van der Waals surface area contributed by atoms with Gasteiger partial charge in [-0.05, 0) is 25.1 Å². The zero-order valence-corrected chi connectivity index (χ0v) is 11.3. The summed E-state index contributed by atoms with van der Waals surface area (Å²) < 4.78 is 6.81. The summed E-state index contributed by atoms with van der Waals surface area (Å²) in [5.74, 6) is -0.244. The molecule has 0 spiro atoms. The Labute approximate surface area is 112 Å². The summed E-state index contributed by atoms with van der Waals surface area (Å²) in [4.78, 5) is 16.1. The number of carbonyl (C=O) groups is 1. The fraction of sp³-hybridized carbons (Fsp3) is 0.429. The number of hydrogen-bond donors (Lipinski definition) is 1. The normalized spacial score (nSPS) is 12.5. The number of fused-ring (bicyclic) bond motifs is 1. The lowest BCUT2D eigenvalue weighted by Gasteiger charge is -2.17. The first kappa shape index (κ1) is 13.5.